The Morgan fingerprint density at radius 2 is 0.959 bits per heavy atom. The van der Waals surface area contributed by atoms with Gasteiger partial charge >= 0.3 is 18.3 Å². The number of hydrogen-bond donors (Lipinski definition) is 3. The number of nitrogens with one attached hydrogen (secondary N) is 3. The summed E-state index contributed by atoms with van der Waals surface area (Å²) < 4.78 is 39.5. The molecule has 0 saturated heterocycles. The topological polar surface area (TPSA) is 300 Å². The number of halogens is 3. The summed E-state index contributed by atoms with van der Waals surface area (Å²) in [5, 5.41) is 30.8. The van der Waals surface area contributed by atoms with Gasteiger partial charge in [-0.15, -0.1) is 35.3 Å². The lowest BCUT2D eigenvalue weighted by molar-refractivity contribution is -0.385. The molecule has 3 N–H and O–H groups in total. The van der Waals surface area contributed by atoms with Crippen molar-refractivity contribution in [3.8, 4) is 0 Å². The van der Waals surface area contributed by atoms with E-state index in [1.807, 2.05) is 95.0 Å². The van der Waals surface area contributed by atoms with Crippen molar-refractivity contribution in [2.45, 2.75) is 99.2 Å². The van der Waals surface area contributed by atoms with Crippen molar-refractivity contribution in [3.05, 3.63) is 112 Å². The summed E-state index contributed by atoms with van der Waals surface area (Å²) in [6, 6.07) is 12.7. The highest BCUT2D eigenvalue weighted by atomic mass is 127. The van der Waals surface area contributed by atoms with E-state index in [2.05, 4.69) is 63.5 Å². The van der Waals surface area contributed by atoms with E-state index in [0.29, 0.717) is 20.6 Å². The highest BCUT2D eigenvalue weighted by molar-refractivity contribution is 14.1. The molecular weight excluding hydrogens is 1280 g/mol. The Bertz CT molecular complexity index is 2730. The Balaban J connectivity index is 0.000000464. The van der Waals surface area contributed by atoms with E-state index < -0.39 is 54.8 Å². The quantitative estimate of drug-likeness (QED) is 0.0308. The molecule has 5 aromatic heterocycles. The fraction of sp³-hybridized carbons (Fsp3) is 0.364. The lowest BCUT2D eigenvalue weighted by Gasteiger charge is -2.20. The number of sulfone groups is 1. The van der Waals surface area contributed by atoms with Crippen molar-refractivity contribution in [3.63, 3.8) is 0 Å². The number of rotatable bonds is 9. The zero-order valence-electron chi connectivity index (χ0n) is 41.8. The van der Waals surface area contributed by atoms with Crippen LogP contribution in [0.3, 0.4) is 0 Å². The highest BCUT2D eigenvalue weighted by Crippen LogP contribution is 2.24. The number of nitro groups is 2. The number of aromatic nitrogens is 5. The molecule has 0 spiro atoms. The largest absolute Gasteiger partial charge is 0.444 e. The van der Waals surface area contributed by atoms with E-state index in [4.69, 9.17) is 25.8 Å². The maximum Gasteiger partial charge on any atom is 0.412 e. The third-order valence-electron chi connectivity index (χ3n) is 7.17. The normalized spacial score (nSPS) is 10.8. The van der Waals surface area contributed by atoms with Crippen molar-refractivity contribution in [2.24, 2.45) is 0 Å². The zero-order valence-corrected chi connectivity index (χ0v) is 50.1. The van der Waals surface area contributed by atoms with E-state index in [9.17, 15) is 43.0 Å². The Morgan fingerprint density at radius 3 is 1.29 bits per heavy atom. The van der Waals surface area contributed by atoms with Crippen molar-refractivity contribution in [1.29, 1.82) is 0 Å². The Hall–Kier alpha value is -4.89. The summed E-state index contributed by atoms with van der Waals surface area (Å²) in [4.78, 5) is 73.3. The van der Waals surface area contributed by atoms with Crippen LogP contribution in [-0.2, 0) is 24.0 Å². The first-order valence-corrected chi connectivity index (χ1v) is 28.7. The maximum absolute atomic E-state index is 11.6. The lowest BCUT2D eigenvalue weighted by Crippen LogP contribution is -2.27. The summed E-state index contributed by atoms with van der Waals surface area (Å²) in [5.41, 5.74) is 0.0910. The van der Waals surface area contributed by atoms with Crippen LogP contribution in [0.2, 0.25) is 5.15 Å². The minimum Gasteiger partial charge on any atom is -0.444 e. The molecule has 0 fully saturated rings. The van der Waals surface area contributed by atoms with Crippen LogP contribution >= 0.6 is 92.1 Å². The van der Waals surface area contributed by atoms with Gasteiger partial charge in [0.1, 0.15) is 34.3 Å². The minimum absolute atomic E-state index is 0.0304. The summed E-state index contributed by atoms with van der Waals surface area (Å²) in [6.07, 6.45) is 12.2. The van der Waals surface area contributed by atoms with E-state index in [1.54, 1.807) is 68.8 Å². The third kappa shape index (κ3) is 29.6. The molecule has 5 aromatic rings. The predicted octanol–water partition coefficient (Wildman–Crippen LogP) is 12.7. The minimum atomic E-state index is -3.36. The number of pyridine rings is 5. The molecule has 0 aliphatic heterocycles. The molecule has 5 heterocycles. The Kier molecular flexibility index (Phi) is 28.2. The first kappa shape index (κ1) is 66.1. The molecule has 29 heteroatoms. The molecular formula is C44H55ClI2N10O12S4. The summed E-state index contributed by atoms with van der Waals surface area (Å²) in [6.45, 7) is 16.2. The van der Waals surface area contributed by atoms with Crippen LogP contribution in [-0.4, -0.2) is 103 Å². The molecule has 0 unspecified atom stereocenters. The van der Waals surface area contributed by atoms with Crippen molar-refractivity contribution in [1.82, 2.24) is 24.9 Å². The van der Waals surface area contributed by atoms with E-state index >= 15 is 0 Å². The molecule has 3 amide bonds. The van der Waals surface area contributed by atoms with E-state index in [-0.39, 0.29) is 21.6 Å². The Morgan fingerprint density at radius 1 is 0.575 bits per heavy atom. The van der Waals surface area contributed by atoms with Crippen LogP contribution in [0.15, 0.2) is 99.6 Å². The first-order valence-electron chi connectivity index (χ1n) is 20.6. The van der Waals surface area contributed by atoms with Crippen LogP contribution in [0.4, 0.5) is 42.8 Å². The summed E-state index contributed by atoms with van der Waals surface area (Å²) >= 11 is 14.0. The lowest BCUT2D eigenvalue weighted by atomic mass is 10.2. The molecule has 0 atom stereocenters. The van der Waals surface area contributed by atoms with Crippen LogP contribution in [0.5, 0.6) is 0 Å². The highest BCUT2D eigenvalue weighted by Gasteiger charge is 2.20. The first-order chi connectivity index (χ1) is 33.6. The fourth-order valence-electron chi connectivity index (χ4n) is 4.23. The summed E-state index contributed by atoms with van der Waals surface area (Å²) in [7, 11) is -3.36. The van der Waals surface area contributed by atoms with Crippen LogP contribution in [0.1, 0.15) is 62.3 Å². The molecule has 5 rings (SSSR count). The van der Waals surface area contributed by atoms with Gasteiger partial charge in [-0.25, -0.2) is 47.7 Å². The van der Waals surface area contributed by atoms with Crippen LogP contribution in [0.25, 0.3) is 0 Å². The number of amides is 3. The van der Waals surface area contributed by atoms with Gasteiger partial charge in [0.2, 0.25) is 0 Å². The van der Waals surface area contributed by atoms with Crippen molar-refractivity contribution < 1.29 is 46.9 Å². The zero-order chi connectivity index (χ0) is 55.9. The monoisotopic (exact) mass is 1330 g/mol. The molecule has 0 aliphatic carbocycles. The van der Waals surface area contributed by atoms with Gasteiger partial charge < -0.3 is 14.2 Å². The van der Waals surface area contributed by atoms with Gasteiger partial charge in [-0.1, -0.05) is 11.6 Å². The van der Waals surface area contributed by atoms with E-state index in [0.717, 1.165) is 31.1 Å². The number of carbonyl (C=O) groups excluding carboxylic acids is 3. The second-order valence-corrected chi connectivity index (χ2v) is 24.0. The molecule has 398 valence electrons. The molecule has 22 nitrogen and oxygen atoms in total. The molecule has 0 bridgehead atoms. The number of hydrogen-bond acceptors (Lipinski definition) is 20. The Labute approximate surface area is 468 Å². The van der Waals surface area contributed by atoms with Gasteiger partial charge in [0.15, 0.2) is 14.9 Å². The average molecular weight is 1330 g/mol. The van der Waals surface area contributed by atoms with Crippen molar-refractivity contribution >= 4 is 149 Å². The van der Waals surface area contributed by atoms with Gasteiger partial charge in [0, 0.05) is 25.5 Å². The average Bonchev–Trinajstić information content (AvgIpc) is 3.27. The molecule has 73 heavy (non-hydrogen) atoms. The number of anilines is 3. The standard InChI is InChI=1S/C11H15IN2O4S.C11H15IN2O2S.C11H16N2O2S.C6H6N2O2S.C5H3ClN2O2/c1-11(2,3)18-10(15)14-8-6-13-9(5-7(8)12)19(4,16)17;1-11(2,3)16-10(15)14-8-6-13-9(17-4)5-7(8)12;1-11(2,3)15-10(14)13-8-5-6-9(16-4)12-7-8;1-11-6-3-2-5(4-7-6)8(9)10;6-5-2-1-4(3-7-5)8(9)10/h5-6H,1-4H3,(H,14,15);5-6H,1-4H3,(H,14,15);5-7H,1-4H3,(H,13,14);2-4H,1H3;1-3H. The second kappa shape index (κ2) is 31.1. The van der Waals surface area contributed by atoms with Gasteiger partial charge in [-0.2, -0.15) is 0 Å². The van der Waals surface area contributed by atoms with Gasteiger partial charge in [0.05, 0.1) is 60.6 Å². The number of nitrogens with zero attached hydrogens (tertiary/aromatic N) is 7. The summed E-state index contributed by atoms with van der Waals surface area (Å²) in [5.74, 6) is 0. The molecule has 0 aliphatic rings. The second-order valence-electron chi connectivity index (χ2n) is 16.9. The van der Waals surface area contributed by atoms with E-state index in [1.165, 1.54) is 48.4 Å². The number of thioether (sulfide) groups is 3. The van der Waals surface area contributed by atoms with Crippen LogP contribution < -0.4 is 16.0 Å². The van der Waals surface area contributed by atoms with Crippen molar-refractivity contribution in [2.75, 3.05) is 41.0 Å². The molecule has 0 radical (unpaired) electrons. The van der Waals surface area contributed by atoms with Gasteiger partial charge in [-0.05, 0) is 163 Å². The smallest absolute Gasteiger partial charge is 0.412 e. The SMILES string of the molecule is CC(C)(C)OC(=O)Nc1cnc(S(C)(=O)=O)cc1I.CSc1cc(I)c(NC(=O)OC(C)(C)C)cn1.CSc1ccc(NC(=O)OC(C)(C)C)cn1.CSc1ccc([N+](=O)[O-])cn1.O=[N+]([O-])c1ccc(Cl)nc1. The number of carbonyl (C=O) groups is 3. The predicted molar refractivity (Wildman–Crippen MR) is 303 cm³/mol. The molecule has 0 saturated carbocycles. The fourth-order valence-corrected chi connectivity index (χ4v) is 7.59. The van der Waals surface area contributed by atoms with Gasteiger partial charge in [-0.3, -0.25) is 36.2 Å². The maximum atomic E-state index is 11.6. The van der Waals surface area contributed by atoms with Gasteiger partial charge in [0.25, 0.3) is 11.4 Å². The number of ether oxygens (including phenoxy) is 3. The van der Waals surface area contributed by atoms with Crippen LogP contribution in [0, 0.1) is 27.4 Å². The third-order valence-corrected chi connectivity index (χ3v) is 12.1. The molecule has 0 aromatic carbocycles.